The molecule has 1 saturated heterocycles. The van der Waals surface area contributed by atoms with Crippen molar-refractivity contribution < 1.29 is 4.74 Å². The topological polar surface area (TPSA) is 24.5 Å². The lowest BCUT2D eigenvalue weighted by molar-refractivity contribution is 0.169. The Kier molecular flexibility index (Phi) is 6.15. The SMILES string of the molecule is COCCC(C)CCN1CCNCC1. The molecule has 0 saturated carbocycles. The van der Waals surface area contributed by atoms with Gasteiger partial charge in [0.25, 0.3) is 0 Å². The maximum Gasteiger partial charge on any atom is 0.0464 e. The number of rotatable bonds is 6. The predicted octanol–water partition coefficient (Wildman–Crippen LogP) is 0.954. The number of nitrogens with zero attached hydrogens (tertiary/aromatic N) is 1. The van der Waals surface area contributed by atoms with E-state index in [1.165, 1.54) is 32.5 Å². The van der Waals surface area contributed by atoms with Crippen molar-refractivity contribution in [3.8, 4) is 0 Å². The van der Waals surface area contributed by atoms with E-state index in [0.717, 1.165) is 25.6 Å². The second-order valence-corrected chi connectivity index (χ2v) is 4.27. The Bertz CT molecular complexity index is 135. The van der Waals surface area contributed by atoms with E-state index in [1.807, 2.05) is 0 Å². The van der Waals surface area contributed by atoms with Crippen LogP contribution in [0.15, 0.2) is 0 Å². The highest BCUT2D eigenvalue weighted by Gasteiger charge is 2.10. The highest BCUT2D eigenvalue weighted by Crippen LogP contribution is 2.08. The van der Waals surface area contributed by atoms with Crippen molar-refractivity contribution in [2.24, 2.45) is 5.92 Å². The van der Waals surface area contributed by atoms with Crippen LogP contribution >= 0.6 is 0 Å². The molecule has 0 amide bonds. The molecule has 84 valence electrons. The van der Waals surface area contributed by atoms with Gasteiger partial charge in [0.1, 0.15) is 0 Å². The van der Waals surface area contributed by atoms with Gasteiger partial charge in [-0.05, 0) is 25.3 Å². The fourth-order valence-electron chi connectivity index (χ4n) is 1.80. The maximum absolute atomic E-state index is 5.08. The molecule has 0 aromatic carbocycles. The average molecular weight is 200 g/mol. The van der Waals surface area contributed by atoms with Crippen molar-refractivity contribution in [3.05, 3.63) is 0 Å². The van der Waals surface area contributed by atoms with Gasteiger partial charge in [0, 0.05) is 39.9 Å². The van der Waals surface area contributed by atoms with Crippen molar-refractivity contribution in [3.63, 3.8) is 0 Å². The van der Waals surface area contributed by atoms with E-state index >= 15 is 0 Å². The lowest BCUT2D eigenvalue weighted by Gasteiger charge is -2.28. The second-order valence-electron chi connectivity index (χ2n) is 4.27. The summed E-state index contributed by atoms with van der Waals surface area (Å²) in [6, 6.07) is 0. The minimum absolute atomic E-state index is 0.796. The number of ether oxygens (including phenoxy) is 1. The summed E-state index contributed by atoms with van der Waals surface area (Å²) in [5.74, 6) is 0.796. The number of hydrogen-bond donors (Lipinski definition) is 1. The molecular weight excluding hydrogens is 176 g/mol. The maximum atomic E-state index is 5.08. The van der Waals surface area contributed by atoms with Gasteiger partial charge in [-0.15, -0.1) is 0 Å². The van der Waals surface area contributed by atoms with Crippen LogP contribution in [-0.4, -0.2) is 51.3 Å². The van der Waals surface area contributed by atoms with Gasteiger partial charge in [0.2, 0.25) is 0 Å². The van der Waals surface area contributed by atoms with Crippen LogP contribution in [0.3, 0.4) is 0 Å². The molecule has 0 aromatic rings. The molecular formula is C11H24N2O. The van der Waals surface area contributed by atoms with Gasteiger partial charge < -0.3 is 15.0 Å². The molecule has 1 N–H and O–H groups in total. The molecule has 1 atom stereocenters. The van der Waals surface area contributed by atoms with Crippen molar-refractivity contribution in [1.82, 2.24) is 10.2 Å². The van der Waals surface area contributed by atoms with E-state index in [9.17, 15) is 0 Å². The summed E-state index contributed by atoms with van der Waals surface area (Å²) in [5, 5.41) is 3.37. The predicted molar refractivity (Wildman–Crippen MR) is 59.6 cm³/mol. The molecule has 1 fully saturated rings. The van der Waals surface area contributed by atoms with Crippen LogP contribution in [-0.2, 0) is 4.74 Å². The standard InChI is InChI=1S/C11H24N2O/c1-11(4-10-14-2)3-7-13-8-5-12-6-9-13/h11-12H,3-10H2,1-2H3. The van der Waals surface area contributed by atoms with E-state index in [2.05, 4.69) is 17.1 Å². The normalized spacial score (nSPS) is 21.0. The van der Waals surface area contributed by atoms with Crippen molar-refractivity contribution >= 4 is 0 Å². The van der Waals surface area contributed by atoms with Crippen LogP contribution < -0.4 is 5.32 Å². The van der Waals surface area contributed by atoms with Gasteiger partial charge in [-0.2, -0.15) is 0 Å². The first-order chi connectivity index (χ1) is 6.83. The zero-order valence-corrected chi connectivity index (χ0v) is 9.59. The Morgan fingerprint density at radius 2 is 2.00 bits per heavy atom. The Hall–Kier alpha value is -0.120. The van der Waals surface area contributed by atoms with Gasteiger partial charge in [0.05, 0.1) is 0 Å². The van der Waals surface area contributed by atoms with Gasteiger partial charge in [0.15, 0.2) is 0 Å². The lowest BCUT2D eigenvalue weighted by Crippen LogP contribution is -2.44. The Balaban J connectivity index is 2.00. The van der Waals surface area contributed by atoms with Crippen molar-refractivity contribution in [2.75, 3.05) is 46.4 Å². The first-order valence-electron chi connectivity index (χ1n) is 5.75. The average Bonchev–Trinajstić information content (AvgIpc) is 2.25. The molecule has 1 heterocycles. The molecule has 0 bridgehead atoms. The molecule has 0 aromatic heterocycles. The molecule has 1 aliphatic heterocycles. The zero-order valence-electron chi connectivity index (χ0n) is 9.59. The number of hydrogen-bond acceptors (Lipinski definition) is 3. The van der Waals surface area contributed by atoms with Crippen LogP contribution in [0.2, 0.25) is 0 Å². The van der Waals surface area contributed by atoms with E-state index in [4.69, 9.17) is 4.74 Å². The van der Waals surface area contributed by atoms with E-state index in [1.54, 1.807) is 7.11 Å². The van der Waals surface area contributed by atoms with Crippen LogP contribution in [0.1, 0.15) is 19.8 Å². The lowest BCUT2D eigenvalue weighted by atomic mass is 10.0. The summed E-state index contributed by atoms with van der Waals surface area (Å²) in [5.41, 5.74) is 0. The highest BCUT2D eigenvalue weighted by atomic mass is 16.5. The molecule has 1 unspecified atom stereocenters. The van der Waals surface area contributed by atoms with E-state index < -0.39 is 0 Å². The molecule has 0 radical (unpaired) electrons. The Morgan fingerprint density at radius 1 is 1.29 bits per heavy atom. The fourth-order valence-corrected chi connectivity index (χ4v) is 1.80. The molecule has 0 spiro atoms. The number of piperazine rings is 1. The second kappa shape index (κ2) is 7.21. The van der Waals surface area contributed by atoms with Gasteiger partial charge in [-0.3, -0.25) is 0 Å². The van der Waals surface area contributed by atoms with E-state index in [0.29, 0.717) is 0 Å². The molecule has 1 rings (SSSR count). The molecule has 3 heteroatoms. The van der Waals surface area contributed by atoms with Crippen LogP contribution in [0.5, 0.6) is 0 Å². The quantitative estimate of drug-likeness (QED) is 0.691. The highest BCUT2D eigenvalue weighted by molar-refractivity contribution is 4.68. The first-order valence-corrected chi connectivity index (χ1v) is 5.75. The number of nitrogens with one attached hydrogen (secondary N) is 1. The summed E-state index contributed by atoms with van der Waals surface area (Å²) in [7, 11) is 1.78. The van der Waals surface area contributed by atoms with Gasteiger partial charge >= 0.3 is 0 Å². The minimum atomic E-state index is 0.796. The van der Waals surface area contributed by atoms with Crippen molar-refractivity contribution in [1.29, 1.82) is 0 Å². The summed E-state index contributed by atoms with van der Waals surface area (Å²) in [4.78, 5) is 2.56. The van der Waals surface area contributed by atoms with E-state index in [-0.39, 0.29) is 0 Å². The third kappa shape index (κ3) is 4.94. The molecule has 14 heavy (non-hydrogen) atoms. The summed E-state index contributed by atoms with van der Waals surface area (Å²) >= 11 is 0. The molecule has 3 nitrogen and oxygen atoms in total. The summed E-state index contributed by atoms with van der Waals surface area (Å²) < 4.78 is 5.08. The largest absolute Gasteiger partial charge is 0.385 e. The van der Waals surface area contributed by atoms with Gasteiger partial charge in [-0.1, -0.05) is 6.92 Å². The number of methoxy groups -OCH3 is 1. The third-order valence-corrected chi connectivity index (χ3v) is 2.96. The smallest absolute Gasteiger partial charge is 0.0464 e. The Morgan fingerprint density at radius 3 is 2.64 bits per heavy atom. The minimum Gasteiger partial charge on any atom is -0.385 e. The summed E-state index contributed by atoms with van der Waals surface area (Å²) in [6.45, 7) is 9.24. The van der Waals surface area contributed by atoms with Crippen molar-refractivity contribution in [2.45, 2.75) is 19.8 Å². The zero-order chi connectivity index (χ0) is 10.2. The third-order valence-electron chi connectivity index (χ3n) is 2.96. The van der Waals surface area contributed by atoms with Gasteiger partial charge in [-0.25, -0.2) is 0 Å². The van der Waals surface area contributed by atoms with Crippen LogP contribution in [0.25, 0.3) is 0 Å². The first kappa shape index (κ1) is 12.0. The Labute approximate surface area is 87.8 Å². The molecule has 0 aliphatic carbocycles. The monoisotopic (exact) mass is 200 g/mol. The summed E-state index contributed by atoms with van der Waals surface area (Å²) in [6.07, 6.45) is 2.51. The van der Waals surface area contributed by atoms with Crippen LogP contribution in [0, 0.1) is 5.92 Å². The fraction of sp³-hybridized carbons (Fsp3) is 1.00. The van der Waals surface area contributed by atoms with Crippen LogP contribution in [0.4, 0.5) is 0 Å². The molecule has 1 aliphatic rings.